The van der Waals surface area contributed by atoms with Crippen LogP contribution in [0.15, 0.2) is 185 Å². The summed E-state index contributed by atoms with van der Waals surface area (Å²) in [5.41, 5.74) is 15.5. The highest BCUT2D eigenvalue weighted by molar-refractivity contribution is 6.15. The van der Waals surface area contributed by atoms with E-state index in [1.807, 2.05) is 6.07 Å². The highest BCUT2D eigenvalue weighted by Crippen LogP contribution is 2.48. The van der Waals surface area contributed by atoms with Crippen LogP contribution in [0.5, 0.6) is 0 Å². The first kappa shape index (κ1) is 31.4. The van der Waals surface area contributed by atoms with Gasteiger partial charge in [-0.1, -0.05) is 140 Å². The smallest absolute Gasteiger partial charge is 0.299 e. The number of furan rings is 2. The number of imidazole rings is 1. The van der Waals surface area contributed by atoms with Gasteiger partial charge in [0.2, 0.25) is 0 Å². The molecule has 11 aromatic rings. The van der Waals surface area contributed by atoms with E-state index in [0.29, 0.717) is 0 Å². The van der Waals surface area contributed by atoms with E-state index in [-0.39, 0.29) is 0 Å². The molecule has 0 atom stereocenters. The lowest BCUT2D eigenvalue weighted by molar-refractivity contribution is -0.633. The standard InChI is InChI=1S/C51H35N2O2/c1-32-26-28-39-38-29-27-36(33-16-6-3-7-17-33)30-45(38)55-49(39)46(32)51-52(2)42-23-13-14-24-43(42)53(51)48-40(34-18-8-4-9-19-34)31-41-37-22-12-15-25-44(37)54-50(41)47(48)35-20-10-5-11-21-35/h3-31H,1-2H3/q+1. The van der Waals surface area contributed by atoms with Gasteiger partial charge in [0.25, 0.3) is 5.82 Å². The second-order valence-electron chi connectivity index (χ2n) is 14.4. The molecule has 4 nitrogen and oxygen atoms in total. The monoisotopic (exact) mass is 707 g/mol. The number of benzene rings is 8. The molecule has 3 aromatic heterocycles. The first-order valence-corrected chi connectivity index (χ1v) is 18.7. The molecule has 4 heteroatoms. The van der Waals surface area contributed by atoms with E-state index >= 15 is 0 Å². The van der Waals surface area contributed by atoms with Crippen LogP contribution in [0.2, 0.25) is 0 Å². The number of para-hydroxylation sites is 3. The van der Waals surface area contributed by atoms with Crippen molar-refractivity contribution in [2.75, 3.05) is 0 Å². The van der Waals surface area contributed by atoms with E-state index in [1.54, 1.807) is 0 Å². The SMILES string of the molecule is Cc1ccc2c(oc3cc(-c4ccccc4)ccc32)c1-c1n(-c2c(-c3ccccc3)cc3c(oc4ccccc43)c2-c2ccccc2)c2ccccc2[n+]1C. The molecule has 55 heavy (non-hydrogen) atoms. The van der Waals surface area contributed by atoms with Gasteiger partial charge in [-0.05, 0) is 71.1 Å². The molecule has 0 saturated carbocycles. The van der Waals surface area contributed by atoms with E-state index in [2.05, 4.69) is 193 Å². The molecular weight excluding hydrogens is 673 g/mol. The molecule has 11 rings (SSSR count). The van der Waals surface area contributed by atoms with Crippen molar-refractivity contribution in [1.82, 2.24) is 4.57 Å². The maximum absolute atomic E-state index is 7.02. The maximum Gasteiger partial charge on any atom is 0.299 e. The fourth-order valence-electron chi connectivity index (χ4n) is 8.64. The van der Waals surface area contributed by atoms with E-state index in [4.69, 9.17) is 8.83 Å². The van der Waals surface area contributed by atoms with Crippen LogP contribution in [0, 0.1) is 6.92 Å². The number of fused-ring (bicyclic) bond motifs is 7. The Hall–Kier alpha value is -7.17. The molecule has 260 valence electrons. The molecule has 0 saturated heterocycles. The third-order valence-corrected chi connectivity index (χ3v) is 11.2. The molecule has 0 aliphatic carbocycles. The van der Waals surface area contributed by atoms with Crippen LogP contribution in [0.3, 0.4) is 0 Å². The summed E-state index contributed by atoms with van der Waals surface area (Å²) in [4.78, 5) is 0. The predicted octanol–water partition coefficient (Wildman–Crippen LogP) is 13.2. The summed E-state index contributed by atoms with van der Waals surface area (Å²) in [7, 11) is 2.17. The van der Waals surface area contributed by atoms with Crippen molar-refractivity contribution >= 4 is 54.9 Å². The average molecular weight is 708 g/mol. The van der Waals surface area contributed by atoms with Crippen molar-refractivity contribution in [1.29, 1.82) is 0 Å². The molecule has 0 bridgehead atoms. The average Bonchev–Trinajstić information content (AvgIpc) is 3.90. The lowest BCUT2D eigenvalue weighted by Crippen LogP contribution is -2.30. The van der Waals surface area contributed by atoms with E-state index in [1.165, 1.54) is 0 Å². The van der Waals surface area contributed by atoms with E-state index in [9.17, 15) is 0 Å². The van der Waals surface area contributed by atoms with Gasteiger partial charge >= 0.3 is 0 Å². The Morgan fingerprint density at radius 1 is 0.455 bits per heavy atom. The molecule has 0 radical (unpaired) electrons. The van der Waals surface area contributed by atoms with Gasteiger partial charge < -0.3 is 8.83 Å². The number of nitrogens with zero attached hydrogens (tertiary/aromatic N) is 2. The second kappa shape index (κ2) is 12.2. The summed E-state index contributed by atoms with van der Waals surface area (Å²) in [5.74, 6) is 1.02. The molecular formula is C51H35N2O2+. The van der Waals surface area contributed by atoms with Crippen molar-refractivity contribution < 1.29 is 13.4 Å². The van der Waals surface area contributed by atoms with Crippen LogP contribution in [-0.2, 0) is 7.05 Å². The largest absolute Gasteiger partial charge is 0.455 e. The Labute approximate surface area is 317 Å². The van der Waals surface area contributed by atoms with Crippen molar-refractivity contribution in [3.63, 3.8) is 0 Å². The van der Waals surface area contributed by atoms with Crippen molar-refractivity contribution in [3.8, 4) is 50.5 Å². The number of aryl methyl sites for hydroxylation is 2. The van der Waals surface area contributed by atoms with Crippen molar-refractivity contribution in [2.45, 2.75) is 6.92 Å². The van der Waals surface area contributed by atoms with Gasteiger partial charge in [0.05, 0.1) is 12.6 Å². The minimum absolute atomic E-state index is 0.862. The number of hydrogen-bond donors (Lipinski definition) is 0. The fraction of sp³-hybridized carbons (Fsp3) is 0.0392. The molecule has 3 heterocycles. The van der Waals surface area contributed by atoms with Gasteiger partial charge in [-0.3, -0.25) is 0 Å². The Balaban J connectivity index is 1.31. The lowest BCUT2D eigenvalue weighted by Gasteiger charge is -2.16. The first-order chi connectivity index (χ1) is 27.1. The summed E-state index contributed by atoms with van der Waals surface area (Å²) in [5, 5.41) is 4.37. The van der Waals surface area contributed by atoms with Gasteiger partial charge in [0, 0.05) is 27.1 Å². The van der Waals surface area contributed by atoms with Crippen LogP contribution >= 0.6 is 0 Å². The van der Waals surface area contributed by atoms with Crippen LogP contribution in [0.4, 0.5) is 0 Å². The Bertz CT molecular complexity index is 3260. The molecule has 0 aliphatic heterocycles. The molecule has 0 fully saturated rings. The fourth-order valence-corrected chi connectivity index (χ4v) is 8.64. The Morgan fingerprint density at radius 2 is 1.05 bits per heavy atom. The van der Waals surface area contributed by atoms with Crippen molar-refractivity contribution in [3.05, 3.63) is 181 Å². The number of rotatable bonds is 5. The summed E-state index contributed by atoms with van der Waals surface area (Å²) in [6.07, 6.45) is 0. The van der Waals surface area contributed by atoms with Gasteiger partial charge in [-0.25, -0.2) is 4.57 Å². The summed E-state index contributed by atoms with van der Waals surface area (Å²) in [6.45, 7) is 2.19. The highest BCUT2D eigenvalue weighted by Gasteiger charge is 2.35. The highest BCUT2D eigenvalue weighted by atomic mass is 16.3. The van der Waals surface area contributed by atoms with Crippen molar-refractivity contribution in [2.24, 2.45) is 7.05 Å². The molecule has 0 unspecified atom stereocenters. The molecule has 8 aromatic carbocycles. The minimum atomic E-state index is 0.862. The maximum atomic E-state index is 7.02. The molecule has 0 aliphatic rings. The topological polar surface area (TPSA) is 35.1 Å². The van der Waals surface area contributed by atoms with Crippen LogP contribution < -0.4 is 4.57 Å². The van der Waals surface area contributed by atoms with Gasteiger partial charge in [-0.15, -0.1) is 0 Å². The zero-order valence-corrected chi connectivity index (χ0v) is 30.5. The van der Waals surface area contributed by atoms with E-state index in [0.717, 1.165) is 111 Å². The minimum Gasteiger partial charge on any atom is -0.455 e. The van der Waals surface area contributed by atoms with Gasteiger partial charge in [0.1, 0.15) is 22.3 Å². The third-order valence-electron chi connectivity index (χ3n) is 11.2. The summed E-state index contributed by atoms with van der Waals surface area (Å²) in [6, 6.07) is 62.3. The summed E-state index contributed by atoms with van der Waals surface area (Å²) >= 11 is 0. The zero-order valence-electron chi connectivity index (χ0n) is 30.5. The number of aromatic nitrogens is 2. The van der Waals surface area contributed by atoms with E-state index < -0.39 is 0 Å². The Morgan fingerprint density at radius 3 is 1.84 bits per heavy atom. The summed E-state index contributed by atoms with van der Waals surface area (Å²) < 4.78 is 18.7. The lowest BCUT2D eigenvalue weighted by atomic mass is 9.92. The third kappa shape index (κ3) is 4.75. The van der Waals surface area contributed by atoms with Gasteiger partial charge in [0.15, 0.2) is 22.3 Å². The van der Waals surface area contributed by atoms with Crippen LogP contribution in [-0.4, -0.2) is 4.57 Å². The zero-order chi connectivity index (χ0) is 36.6. The predicted molar refractivity (Wildman–Crippen MR) is 225 cm³/mol. The van der Waals surface area contributed by atoms with Crippen LogP contribution in [0.25, 0.3) is 105 Å². The van der Waals surface area contributed by atoms with Crippen LogP contribution in [0.1, 0.15) is 5.56 Å². The number of hydrogen-bond acceptors (Lipinski definition) is 2. The second-order valence-corrected chi connectivity index (χ2v) is 14.4. The first-order valence-electron chi connectivity index (χ1n) is 18.7. The molecule has 0 amide bonds. The Kier molecular flexibility index (Phi) is 6.95. The van der Waals surface area contributed by atoms with Gasteiger partial charge in [-0.2, -0.15) is 4.57 Å². The quantitative estimate of drug-likeness (QED) is 0.167. The normalized spacial score (nSPS) is 11.8. The molecule has 0 spiro atoms. The molecule has 0 N–H and O–H groups in total.